The van der Waals surface area contributed by atoms with Gasteiger partial charge in [0.1, 0.15) is 10.9 Å². The third-order valence-electron chi connectivity index (χ3n) is 6.44. The number of carbonyl (C=O) groups is 1. The van der Waals surface area contributed by atoms with Crippen molar-refractivity contribution in [2.45, 2.75) is 26.7 Å². The Hall–Kier alpha value is -3.28. The Morgan fingerprint density at radius 1 is 1.31 bits per heavy atom. The van der Waals surface area contributed by atoms with E-state index in [1.54, 1.807) is 17.1 Å². The molecule has 0 bridgehead atoms. The molecule has 29 heavy (non-hydrogen) atoms. The summed E-state index contributed by atoms with van der Waals surface area (Å²) < 4.78 is 17.7. The van der Waals surface area contributed by atoms with Crippen molar-refractivity contribution in [1.29, 1.82) is 5.26 Å². The maximum absolute atomic E-state index is 14.6. The van der Waals surface area contributed by atoms with Crippen LogP contribution in [0.5, 0.6) is 0 Å². The molecule has 1 aliphatic carbocycles. The summed E-state index contributed by atoms with van der Waals surface area (Å²) in [4.78, 5) is 19.6. The second-order valence-corrected chi connectivity index (χ2v) is 8.07. The van der Waals surface area contributed by atoms with Crippen LogP contribution in [-0.2, 0) is 11.8 Å². The van der Waals surface area contributed by atoms with Gasteiger partial charge in [-0.3, -0.25) is 14.4 Å². The number of anilines is 1. The zero-order chi connectivity index (χ0) is 20.5. The average molecular weight is 393 g/mol. The molecule has 0 radical (unpaired) electrons. The lowest BCUT2D eigenvalue weighted by Crippen LogP contribution is -2.37. The molecular formula is C20H20FN7O. The van der Waals surface area contributed by atoms with Gasteiger partial charge in [-0.2, -0.15) is 15.5 Å². The minimum absolute atomic E-state index is 0.0644. The number of fused-ring (bicyclic) bond motifs is 1. The van der Waals surface area contributed by atoms with Crippen LogP contribution in [0.15, 0.2) is 18.6 Å². The number of nitriles is 1. The van der Waals surface area contributed by atoms with Crippen molar-refractivity contribution < 1.29 is 9.18 Å². The molecule has 0 spiro atoms. The van der Waals surface area contributed by atoms with Crippen molar-refractivity contribution in [2.24, 2.45) is 24.3 Å². The van der Waals surface area contributed by atoms with Gasteiger partial charge in [-0.05, 0) is 25.7 Å². The predicted octanol–water partition coefficient (Wildman–Crippen LogP) is 2.48. The summed E-state index contributed by atoms with van der Waals surface area (Å²) >= 11 is 0. The smallest absolute Gasteiger partial charge is 0.249 e. The van der Waals surface area contributed by atoms with Gasteiger partial charge in [0.2, 0.25) is 5.91 Å². The van der Waals surface area contributed by atoms with Crippen LogP contribution in [0, 0.1) is 41.3 Å². The zero-order valence-corrected chi connectivity index (χ0v) is 16.4. The number of amides is 1. The van der Waals surface area contributed by atoms with Crippen molar-refractivity contribution in [3.63, 3.8) is 0 Å². The van der Waals surface area contributed by atoms with E-state index in [0.717, 1.165) is 30.3 Å². The lowest BCUT2D eigenvalue weighted by molar-refractivity contribution is -0.124. The third kappa shape index (κ3) is 2.29. The van der Waals surface area contributed by atoms with Gasteiger partial charge < -0.3 is 0 Å². The molecule has 0 N–H and O–H groups in total. The van der Waals surface area contributed by atoms with Gasteiger partial charge >= 0.3 is 0 Å². The summed E-state index contributed by atoms with van der Waals surface area (Å²) in [6.07, 6.45) is 6.18. The van der Waals surface area contributed by atoms with Gasteiger partial charge in [0.25, 0.3) is 0 Å². The molecule has 3 aromatic heterocycles. The number of hydrogen-bond acceptors (Lipinski definition) is 5. The van der Waals surface area contributed by atoms with Gasteiger partial charge in [-0.15, -0.1) is 0 Å². The number of hydrogen-bond donors (Lipinski definition) is 0. The van der Waals surface area contributed by atoms with Crippen LogP contribution in [0.1, 0.15) is 25.5 Å². The van der Waals surface area contributed by atoms with Crippen LogP contribution in [0.3, 0.4) is 0 Å². The van der Waals surface area contributed by atoms with Gasteiger partial charge in [-0.1, -0.05) is 6.92 Å². The molecule has 0 aromatic carbocycles. The van der Waals surface area contributed by atoms with Gasteiger partial charge in [-0.25, -0.2) is 13.9 Å². The van der Waals surface area contributed by atoms with Crippen LogP contribution in [0.4, 0.5) is 10.2 Å². The fourth-order valence-electron chi connectivity index (χ4n) is 4.51. The maximum atomic E-state index is 14.6. The SMILES string of the molecule is Cc1c(-c2cn3ncc(F)c3c(N3C[C@@H](C)[C@@](C#N)(C4CC4)C3=O)n2)cnn1C. The Bertz CT molecular complexity index is 1200. The highest BCUT2D eigenvalue weighted by Crippen LogP contribution is 2.54. The molecule has 9 heteroatoms. The first kappa shape index (κ1) is 17.8. The molecule has 1 amide bonds. The average Bonchev–Trinajstić information content (AvgIpc) is 3.34. The lowest BCUT2D eigenvalue weighted by Gasteiger charge is -2.23. The highest BCUT2D eigenvalue weighted by atomic mass is 19.1. The van der Waals surface area contributed by atoms with E-state index in [1.807, 2.05) is 20.9 Å². The van der Waals surface area contributed by atoms with Gasteiger partial charge in [0.15, 0.2) is 11.6 Å². The third-order valence-corrected chi connectivity index (χ3v) is 6.44. The highest BCUT2D eigenvalue weighted by Gasteiger charge is 2.61. The van der Waals surface area contributed by atoms with Crippen LogP contribution in [0.25, 0.3) is 16.8 Å². The number of aryl methyl sites for hydroxylation is 1. The van der Waals surface area contributed by atoms with Crippen molar-refractivity contribution in [3.8, 4) is 17.3 Å². The Kier molecular flexibility index (Phi) is 3.60. The topological polar surface area (TPSA) is 92.1 Å². The van der Waals surface area contributed by atoms with Crippen LogP contribution in [0.2, 0.25) is 0 Å². The van der Waals surface area contributed by atoms with E-state index in [1.165, 1.54) is 9.42 Å². The van der Waals surface area contributed by atoms with Crippen molar-refractivity contribution in [3.05, 3.63) is 30.1 Å². The first-order chi connectivity index (χ1) is 13.9. The maximum Gasteiger partial charge on any atom is 0.249 e. The molecule has 0 unspecified atom stereocenters. The fraction of sp³-hybridized carbons (Fsp3) is 0.450. The molecule has 8 nitrogen and oxygen atoms in total. The summed E-state index contributed by atoms with van der Waals surface area (Å²) in [7, 11) is 1.83. The van der Waals surface area contributed by atoms with E-state index < -0.39 is 11.2 Å². The second kappa shape index (κ2) is 5.86. The number of halogens is 1. The van der Waals surface area contributed by atoms with E-state index in [0.29, 0.717) is 12.2 Å². The molecule has 1 saturated carbocycles. The molecule has 1 saturated heterocycles. The minimum atomic E-state index is -1.06. The Labute approximate surface area is 166 Å². The molecule has 2 aliphatic rings. The fourth-order valence-corrected chi connectivity index (χ4v) is 4.51. The molecule has 4 heterocycles. The van der Waals surface area contributed by atoms with Gasteiger partial charge in [0.05, 0.1) is 30.4 Å². The van der Waals surface area contributed by atoms with E-state index in [2.05, 4.69) is 21.3 Å². The molecule has 5 rings (SSSR count). The first-order valence-corrected chi connectivity index (χ1v) is 9.64. The second-order valence-electron chi connectivity index (χ2n) is 8.07. The quantitative estimate of drug-likeness (QED) is 0.682. The normalized spacial score (nSPS) is 24.4. The standard InChI is InChI=1S/C20H20FN7O/c1-11-8-27(19(29)20(11,10-22)13-4-5-13)18-17-15(21)7-24-28(17)9-16(25-18)14-6-23-26(3)12(14)2/h6-7,9,11,13H,4-5,8H2,1-3H3/t11-,20+/m1/s1. The monoisotopic (exact) mass is 393 g/mol. The summed E-state index contributed by atoms with van der Waals surface area (Å²) in [6, 6.07) is 2.31. The Balaban J connectivity index is 1.71. The minimum Gasteiger partial charge on any atom is -0.293 e. The van der Waals surface area contributed by atoms with Crippen LogP contribution < -0.4 is 4.90 Å². The number of rotatable bonds is 3. The number of nitrogens with zero attached hydrogens (tertiary/aromatic N) is 7. The molecular weight excluding hydrogens is 373 g/mol. The van der Waals surface area contributed by atoms with Crippen molar-refractivity contribution in [1.82, 2.24) is 24.4 Å². The van der Waals surface area contributed by atoms with Gasteiger partial charge in [0, 0.05) is 30.8 Å². The molecule has 2 atom stereocenters. The largest absolute Gasteiger partial charge is 0.293 e. The van der Waals surface area contributed by atoms with E-state index in [-0.39, 0.29) is 29.1 Å². The first-order valence-electron chi connectivity index (χ1n) is 9.64. The predicted molar refractivity (Wildman–Crippen MR) is 102 cm³/mol. The molecule has 3 aromatic rings. The van der Waals surface area contributed by atoms with E-state index >= 15 is 0 Å². The van der Waals surface area contributed by atoms with Crippen molar-refractivity contribution >= 4 is 17.2 Å². The highest BCUT2D eigenvalue weighted by molar-refractivity contribution is 6.04. The lowest BCUT2D eigenvalue weighted by atomic mass is 9.75. The summed E-state index contributed by atoms with van der Waals surface area (Å²) in [5.41, 5.74) is 1.29. The Morgan fingerprint density at radius 3 is 2.69 bits per heavy atom. The number of carbonyl (C=O) groups excluding carboxylic acids is 1. The summed E-state index contributed by atoms with van der Waals surface area (Å²) in [5.74, 6) is -0.734. The summed E-state index contributed by atoms with van der Waals surface area (Å²) in [5, 5.41) is 18.3. The Morgan fingerprint density at radius 2 is 2.07 bits per heavy atom. The van der Waals surface area contributed by atoms with E-state index in [4.69, 9.17) is 0 Å². The molecule has 148 valence electrons. The molecule has 2 fully saturated rings. The van der Waals surface area contributed by atoms with Crippen LogP contribution >= 0.6 is 0 Å². The zero-order valence-electron chi connectivity index (χ0n) is 16.4. The van der Waals surface area contributed by atoms with Crippen molar-refractivity contribution in [2.75, 3.05) is 11.4 Å². The van der Waals surface area contributed by atoms with Crippen LogP contribution in [-0.4, -0.2) is 36.8 Å². The summed E-state index contributed by atoms with van der Waals surface area (Å²) in [6.45, 7) is 4.15. The number of aromatic nitrogens is 5. The molecule has 1 aliphatic heterocycles. The van der Waals surface area contributed by atoms with E-state index in [9.17, 15) is 14.4 Å².